The first-order valence-corrected chi connectivity index (χ1v) is 6.77. The number of benzene rings is 1. The molecular formula is C14H21N3O3. The molecule has 0 spiro atoms. The number of hydrogen-bond donors (Lipinski definition) is 2. The summed E-state index contributed by atoms with van der Waals surface area (Å²) in [6.07, 6.45) is 0. The van der Waals surface area contributed by atoms with Gasteiger partial charge in [-0.15, -0.1) is 0 Å². The van der Waals surface area contributed by atoms with Gasteiger partial charge in [-0.1, -0.05) is 12.1 Å². The maximum Gasteiger partial charge on any atom is 0.317 e. The third-order valence-electron chi connectivity index (χ3n) is 3.37. The molecule has 6 nitrogen and oxygen atoms in total. The van der Waals surface area contributed by atoms with Gasteiger partial charge in [-0.25, -0.2) is 4.79 Å². The minimum Gasteiger partial charge on any atom is -0.506 e. The fourth-order valence-electron chi connectivity index (χ4n) is 2.25. The van der Waals surface area contributed by atoms with Crippen molar-refractivity contribution in [3.05, 3.63) is 24.3 Å². The Morgan fingerprint density at radius 3 is 2.65 bits per heavy atom. The standard InChI is InChI=1S/C14H21N3O3/c1-20-11-6-15-14(19)17-9-7-16(8-10-17)12-4-2-3-5-13(12)18/h2-5,18H,6-11H2,1H3,(H,15,19). The molecule has 0 aliphatic carbocycles. The van der Waals surface area contributed by atoms with E-state index in [1.165, 1.54) is 0 Å². The molecule has 0 aromatic heterocycles. The van der Waals surface area contributed by atoms with Crippen molar-refractivity contribution in [2.24, 2.45) is 0 Å². The van der Waals surface area contributed by atoms with Gasteiger partial charge in [0.15, 0.2) is 0 Å². The van der Waals surface area contributed by atoms with Gasteiger partial charge in [0, 0.05) is 39.8 Å². The van der Waals surface area contributed by atoms with Crippen LogP contribution in [0.15, 0.2) is 24.3 Å². The summed E-state index contributed by atoms with van der Waals surface area (Å²) in [5, 5.41) is 12.6. The smallest absolute Gasteiger partial charge is 0.317 e. The highest BCUT2D eigenvalue weighted by Gasteiger charge is 2.22. The molecule has 0 radical (unpaired) electrons. The molecular weight excluding hydrogens is 258 g/mol. The summed E-state index contributed by atoms with van der Waals surface area (Å²) in [5.41, 5.74) is 0.826. The van der Waals surface area contributed by atoms with E-state index in [2.05, 4.69) is 10.2 Å². The van der Waals surface area contributed by atoms with Gasteiger partial charge in [-0.2, -0.15) is 0 Å². The quantitative estimate of drug-likeness (QED) is 0.803. The lowest BCUT2D eigenvalue weighted by atomic mass is 10.2. The van der Waals surface area contributed by atoms with Crippen LogP contribution in [0.5, 0.6) is 5.75 Å². The number of phenols is 1. The second-order valence-electron chi connectivity index (χ2n) is 4.69. The molecule has 110 valence electrons. The summed E-state index contributed by atoms with van der Waals surface area (Å²) in [6, 6.07) is 7.22. The van der Waals surface area contributed by atoms with Crippen LogP contribution in [0.1, 0.15) is 0 Å². The number of amides is 2. The predicted octanol–water partition coefficient (Wildman–Crippen LogP) is 0.870. The molecule has 1 fully saturated rings. The van der Waals surface area contributed by atoms with Gasteiger partial charge < -0.3 is 25.0 Å². The third kappa shape index (κ3) is 3.54. The largest absolute Gasteiger partial charge is 0.506 e. The number of ether oxygens (including phenoxy) is 1. The van der Waals surface area contributed by atoms with E-state index < -0.39 is 0 Å². The molecule has 0 bridgehead atoms. The van der Waals surface area contributed by atoms with Crippen LogP contribution in [0.25, 0.3) is 0 Å². The number of carbonyl (C=O) groups excluding carboxylic acids is 1. The number of aromatic hydroxyl groups is 1. The highest BCUT2D eigenvalue weighted by atomic mass is 16.5. The van der Waals surface area contributed by atoms with Crippen molar-refractivity contribution >= 4 is 11.7 Å². The molecule has 1 aromatic rings. The lowest BCUT2D eigenvalue weighted by Crippen LogP contribution is -2.52. The normalized spacial score (nSPS) is 15.2. The second-order valence-corrected chi connectivity index (χ2v) is 4.69. The number of urea groups is 1. The van der Waals surface area contributed by atoms with E-state index in [1.54, 1.807) is 24.1 Å². The summed E-state index contributed by atoms with van der Waals surface area (Å²) in [7, 11) is 1.61. The summed E-state index contributed by atoms with van der Waals surface area (Å²) >= 11 is 0. The number of phenolic OH excluding ortho intramolecular Hbond substituents is 1. The predicted molar refractivity (Wildman–Crippen MR) is 77.2 cm³/mol. The highest BCUT2D eigenvalue weighted by molar-refractivity contribution is 5.74. The van der Waals surface area contributed by atoms with Crippen molar-refractivity contribution < 1.29 is 14.6 Å². The van der Waals surface area contributed by atoms with Gasteiger partial charge in [0.05, 0.1) is 12.3 Å². The molecule has 2 rings (SSSR count). The average Bonchev–Trinajstić information content (AvgIpc) is 2.48. The van der Waals surface area contributed by atoms with Crippen LogP contribution < -0.4 is 10.2 Å². The summed E-state index contributed by atoms with van der Waals surface area (Å²) in [5.74, 6) is 0.283. The molecule has 0 unspecified atom stereocenters. The molecule has 2 amide bonds. The van der Waals surface area contributed by atoms with Gasteiger partial charge in [0.1, 0.15) is 5.75 Å². The summed E-state index contributed by atoms with van der Waals surface area (Å²) in [6.45, 7) is 3.77. The monoisotopic (exact) mass is 279 g/mol. The van der Waals surface area contributed by atoms with Crippen molar-refractivity contribution in [1.29, 1.82) is 0 Å². The molecule has 20 heavy (non-hydrogen) atoms. The van der Waals surface area contributed by atoms with Crippen molar-refractivity contribution in [2.45, 2.75) is 0 Å². The Bertz CT molecular complexity index is 445. The van der Waals surface area contributed by atoms with Gasteiger partial charge in [-0.05, 0) is 12.1 Å². The first-order chi connectivity index (χ1) is 9.72. The molecule has 1 aliphatic rings. The first-order valence-electron chi connectivity index (χ1n) is 6.77. The van der Waals surface area contributed by atoms with Crippen molar-refractivity contribution in [3.8, 4) is 5.75 Å². The van der Waals surface area contributed by atoms with Gasteiger partial charge in [-0.3, -0.25) is 0 Å². The maximum absolute atomic E-state index is 11.9. The van der Waals surface area contributed by atoms with E-state index >= 15 is 0 Å². The first kappa shape index (κ1) is 14.5. The Kier molecular flexibility index (Phi) is 5.06. The third-order valence-corrected chi connectivity index (χ3v) is 3.37. The molecule has 1 heterocycles. The molecule has 2 N–H and O–H groups in total. The highest BCUT2D eigenvalue weighted by Crippen LogP contribution is 2.27. The Balaban J connectivity index is 1.83. The lowest BCUT2D eigenvalue weighted by molar-refractivity contribution is 0.177. The Labute approximate surface area is 118 Å². The average molecular weight is 279 g/mol. The zero-order valence-electron chi connectivity index (χ0n) is 11.7. The van der Waals surface area contributed by atoms with Gasteiger partial charge in [0.2, 0.25) is 0 Å². The topological polar surface area (TPSA) is 65.0 Å². The summed E-state index contributed by atoms with van der Waals surface area (Å²) < 4.78 is 4.90. The zero-order valence-corrected chi connectivity index (χ0v) is 11.7. The summed E-state index contributed by atoms with van der Waals surface area (Å²) in [4.78, 5) is 15.7. The van der Waals surface area contributed by atoms with Crippen LogP contribution in [-0.2, 0) is 4.74 Å². The van der Waals surface area contributed by atoms with E-state index in [-0.39, 0.29) is 11.8 Å². The number of para-hydroxylation sites is 2. The van der Waals surface area contributed by atoms with E-state index in [1.807, 2.05) is 12.1 Å². The van der Waals surface area contributed by atoms with Crippen LogP contribution in [0.2, 0.25) is 0 Å². The molecule has 6 heteroatoms. The van der Waals surface area contributed by atoms with Crippen LogP contribution in [0.3, 0.4) is 0 Å². The lowest BCUT2D eigenvalue weighted by Gasteiger charge is -2.36. The van der Waals surface area contributed by atoms with Crippen molar-refractivity contribution in [1.82, 2.24) is 10.2 Å². The SMILES string of the molecule is COCCNC(=O)N1CCN(c2ccccc2O)CC1. The van der Waals surface area contributed by atoms with E-state index in [9.17, 15) is 9.90 Å². The maximum atomic E-state index is 11.9. The van der Waals surface area contributed by atoms with Crippen LogP contribution in [0.4, 0.5) is 10.5 Å². The minimum atomic E-state index is -0.0565. The molecule has 0 saturated carbocycles. The minimum absolute atomic E-state index is 0.0565. The van der Waals surface area contributed by atoms with Crippen molar-refractivity contribution in [3.63, 3.8) is 0 Å². The fourth-order valence-corrected chi connectivity index (χ4v) is 2.25. The number of carbonyl (C=O) groups is 1. The van der Waals surface area contributed by atoms with Crippen LogP contribution >= 0.6 is 0 Å². The van der Waals surface area contributed by atoms with Crippen LogP contribution in [-0.4, -0.2) is 62.5 Å². The van der Waals surface area contributed by atoms with Gasteiger partial charge >= 0.3 is 6.03 Å². The van der Waals surface area contributed by atoms with E-state index in [0.717, 1.165) is 18.8 Å². The van der Waals surface area contributed by atoms with Crippen molar-refractivity contribution in [2.75, 3.05) is 51.3 Å². The molecule has 1 aromatic carbocycles. The number of hydrogen-bond acceptors (Lipinski definition) is 4. The van der Waals surface area contributed by atoms with Crippen LogP contribution in [0, 0.1) is 0 Å². The number of methoxy groups -OCH3 is 1. The number of nitrogens with zero attached hydrogens (tertiary/aromatic N) is 2. The number of nitrogens with one attached hydrogen (secondary N) is 1. The number of anilines is 1. The van der Waals surface area contributed by atoms with E-state index in [4.69, 9.17) is 4.74 Å². The Hall–Kier alpha value is -1.95. The second kappa shape index (κ2) is 7.00. The Morgan fingerprint density at radius 1 is 1.30 bits per heavy atom. The molecule has 0 atom stereocenters. The molecule has 1 saturated heterocycles. The van der Waals surface area contributed by atoms with Gasteiger partial charge in [0.25, 0.3) is 0 Å². The van der Waals surface area contributed by atoms with E-state index in [0.29, 0.717) is 26.2 Å². The number of piperazine rings is 1. The number of rotatable bonds is 4. The Morgan fingerprint density at radius 2 is 2.00 bits per heavy atom. The molecule has 1 aliphatic heterocycles. The fraction of sp³-hybridized carbons (Fsp3) is 0.500. The zero-order chi connectivity index (χ0) is 14.4.